The van der Waals surface area contributed by atoms with E-state index < -0.39 is 5.92 Å². The molecule has 1 amide bonds. The van der Waals surface area contributed by atoms with E-state index in [0.717, 1.165) is 25.9 Å². The van der Waals surface area contributed by atoms with E-state index in [-0.39, 0.29) is 36.1 Å². The molecule has 1 fully saturated rings. The number of nitrogens with zero attached hydrogens (tertiary/aromatic N) is 1. The van der Waals surface area contributed by atoms with Crippen LogP contribution in [0.5, 0.6) is 0 Å². The van der Waals surface area contributed by atoms with Gasteiger partial charge in [-0.3, -0.25) is 9.59 Å². The highest BCUT2D eigenvalue weighted by molar-refractivity contribution is 5.87. The summed E-state index contributed by atoms with van der Waals surface area (Å²) in [6.07, 6.45) is 2.30. The van der Waals surface area contributed by atoms with E-state index in [1.54, 1.807) is 0 Å². The molecule has 0 spiro atoms. The highest BCUT2D eigenvalue weighted by Gasteiger charge is 2.34. The lowest BCUT2D eigenvalue weighted by molar-refractivity contribution is -0.142. The summed E-state index contributed by atoms with van der Waals surface area (Å²) in [5.41, 5.74) is 0.182. The van der Waals surface area contributed by atoms with E-state index in [9.17, 15) is 14.7 Å². The van der Waals surface area contributed by atoms with Crippen molar-refractivity contribution in [1.29, 1.82) is 0 Å². The Kier molecular flexibility index (Phi) is 6.39. The lowest BCUT2D eigenvalue weighted by atomic mass is 9.76. The zero-order valence-electron chi connectivity index (χ0n) is 14.2. The standard InChI is InChI=1S/C17H31NO3/c1-12(2)15(20)9-13(11-19)16(21)18-8-6-7-14(10-18)17(3,4)5/h12-14,19H,6-11H2,1-5H3. The number of rotatable bonds is 5. The van der Waals surface area contributed by atoms with Crippen LogP contribution in [0.4, 0.5) is 0 Å². The van der Waals surface area contributed by atoms with Crippen LogP contribution in [0.1, 0.15) is 53.9 Å². The molecule has 0 saturated carbocycles. The molecule has 0 aromatic heterocycles. The number of hydrogen-bond donors (Lipinski definition) is 1. The van der Waals surface area contributed by atoms with Crippen LogP contribution >= 0.6 is 0 Å². The predicted octanol–water partition coefficient (Wildman–Crippen LogP) is 2.49. The average molecular weight is 297 g/mol. The van der Waals surface area contributed by atoms with Gasteiger partial charge in [-0.05, 0) is 24.2 Å². The molecule has 1 aliphatic heterocycles. The fourth-order valence-electron chi connectivity index (χ4n) is 2.85. The maximum atomic E-state index is 12.6. The van der Waals surface area contributed by atoms with Crippen LogP contribution in [-0.2, 0) is 9.59 Å². The number of aliphatic hydroxyl groups excluding tert-OH is 1. The maximum absolute atomic E-state index is 12.6. The van der Waals surface area contributed by atoms with E-state index in [1.165, 1.54) is 0 Å². The van der Waals surface area contributed by atoms with Gasteiger partial charge in [-0.2, -0.15) is 0 Å². The Morgan fingerprint density at radius 2 is 1.90 bits per heavy atom. The zero-order chi connectivity index (χ0) is 16.2. The highest BCUT2D eigenvalue weighted by atomic mass is 16.3. The molecular weight excluding hydrogens is 266 g/mol. The summed E-state index contributed by atoms with van der Waals surface area (Å²) in [5.74, 6) is -0.184. The Balaban J connectivity index is 2.69. The van der Waals surface area contributed by atoms with Gasteiger partial charge in [0.15, 0.2) is 0 Å². The van der Waals surface area contributed by atoms with Crippen molar-refractivity contribution in [2.45, 2.75) is 53.9 Å². The van der Waals surface area contributed by atoms with Crippen LogP contribution in [-0.4, -0.2) is 41.4 Å². The molecule has 0 radical (unpaired) electrons. The van der Waals surface area contributed by atoms with Crippen molar-refractivity contribution in [2.75, 3.05) is 19.7 Å². The quantitative estimate of drug-likeness (QED) is 0.848. The van der Waals surface area contributed by atoms with Gasteiger partial charge in [-0.15, -0.1) is 0 Å². The minimum atomic E-state index is -0.571. The molecule has 122 valence electrons. The molecular formula is C17H31NO3. The van der Waals surface area contributed by atoms with E-state index in [1.807, 2.05) is 18.7 Å². The zero-order valence-corrected chi connectivity index (χ0v) is 14.2. The molecule has 2 unspecified atom stereocenters. The van der Waals surface area contributed by atoms with Gasteiger partial charge in [-0.25, -0.2) is 0 Å². The van der Waals surface area contributed by atoms with Crippen molar-refractivity contribution in [3.8, 4) is 0 Å². The summed E-state index contributed by atoms with van der Waals surface area (Å²) in [6, 6.07) is 0. The van der Waals surface area contributed by atoms with Crippen molar-refractivity contribution in [1.82, 2.24) is 4.90 Å². The molecule has 1 aliphatic rings. The van der Waals surface area contributed by atoms with E-state index in [4.69, 9.17) is 0 Å². The Hall–Kier alpha value is -0.900. The van der Waals surface area contributed by atoms with Crippen LogP contribution in [0.3, 0.4) is 0 Å². The highest BCUT2D eigenvalue weighted by Crippen LogP contribution is 2.33. The first-order valence-electron chi connectivity index (χ1n) is 8.09. The number of Topliss-reactive ketones (excluding diaryl/α,β-unsaturated/α-hetero) is 1. The van der Waals surface area contributed by atoms with Crippen LogP contribution in [0.2, 0.25) is 0 Å². The number of likely N-dealkylation sites (tertiary alicyclic amines) is 1. The Morgan fingerprint density at radius 3 is 2.38 bits per heavy atom. The van der Waals surface area contributed by atoms with Crippen molar-refractivity contribution in [3.63, 3.8) is 0 Å². The third-order valence-electron chi connectivity index (χ3n) is 4.62. The summed E-state index contributed by atoms with van der Waals surface area (Å²) in [6.45, 7) is 11.5. The summed E-state index contributed by atoms with van der Waals surface area (Å²) >= 11 is 0. The Bertz CT molecular complexity index is 371. The third kappa shape index (κ3) is 5.10. The topological polar surface area (TPSA) is 57.6 Å². The Labute approximate surface area is 128 Å². The average Bonchev–Trinajstić information content (AvgIpc) is 2.42. The van der Waals surface area contributed by atoms with E-state index >= 15 is 0 Å². The second-order valence-electron chi connectivity index (χ2n) is 7.69. The molecule has 0 aliphatic carbocycles. The van der Waals surface area contributed by atoms with Crippen molar-refractivity contribution < 1.29 is 14.7 Å². The van der Waals surface area contributed by atoms with Gasteiger partial charge < -0.3 is 10.0 Å². The predicted molar refractivity (Wildman–Crippen MR) is 83.8 cm³/mol. The molecule has 0 bridgehead atoms. The summed E-state index contributed by atoms with van der Waals surface area (Å²) < 4.78 is 0. The lowest BCUT2D eigenvalue weighted by Gasteiger charge is -2.40. The minimum absolute atomic E-state index is 0.0479. The third-order valence-corrected chi connectivity index (χ3v) is 4.62. The Morgan fingerprint density at radius 1 is 1.29 bits per heavy atom. The number of ketones is 1. The summed E-state index contributed by atoms with van der Waals surface area (Å²) in [4.78, 5) is 26.3. The van der Waals surface area contributed by atoms with Gasteiger partial charge in [0.05, 0.1) is 12.5 Å². The smallest absolute Gasteiger partial charge is 0.228 e. The molecule has 4 nitrogen and oxygen atoms in total. The normalized spacial score (nSPS) is 21.5. The monoisotopic (exact) mass is 297 g/mol. The molecule has 1 N–H and O–H groups in total. The molecule has 0 aromatic rings. The van der Waals surface area contributed by atoms with Crippen LogP contribution in [0.25, 0.3) is 0 Å². The maximum Gasteiger partial charge on any atom is 0.228 e. The molecule has 0 aromatic carbocycles. The molecule has 1 heterocycles. The number of carbonyl (C=O) groups is 2. The number of aliphatic hydroxyl groups is 1. The molecule has 21 heavy (non-hydrogen) atoms. The first-order chi connectivity index (χ1) is 9.66. The van der Waals surface area contributed by atoms with Gasteiger partial charge in [-0.1, -0.05) is 34.6 Å². The number of hydrogen-bond acceptors (Lipinski definition) is 3. The van der Waals surface area contributed by atoms with Gasteiger partial charge in [0.2, 0.25) is 5.91 Å². The van der Waals surface area contributed by atoms with E-state index in [0.29, 0.717) is 5.92 Å². The molecule has 2 atom stereocenters. The molecule has 1 rings (SSSR count). The van der Waals surface area contributed by atoms with Crippen molar-refractivity contribution in [2.24, 2.45) is 23.2 Å². The fourth-order valence-corrected chi connectivity index (χ4v) is 2.85. The second-order valence-corrected chi connectivity index (χ2v) is 7.69. The second kappa shape index (κ2) is 7.39. The fraction of sp³-hybridized carbons (Fsp3) is 0.882. The van der Waals surface area contributed by atoms with Gasteiger partial charge in [0, 0.05) is 25.4 Å². The summed E-state index contributed by atoms with van der Waals surface area (Å²) in [5, 5.41) is 9.48. The van der Waals surface area contributed by atoms with Crippen LogP contribution in [0.15, 0.2) is 0 Å². The SMILES string of the molecule is CC(C)C(=O)CC(CO)C(=O)N1CCCC(C(C)(C)C)C1. The number of amides is 1. The van der Waals surface area contributed by atoms with Crippen LogP contribution < -0.4 is 0 Å². The van der Waals surface area contributed by atoms with Gasteiger partial charge in [0.25, 0.3) is 0 Å². The van der Waals surface area contributed by atoms with Crippen molar-refractivity contribution in [3.05, 3.63) is 0 Å². The summed E-state index contributed by atoms with van der Waals surface area (Å²) in [7, 11) is 0. The van der Waals surface area contributed by atoms with Crippen LogP contribution in [0, 0.1) is 23.2 Å². The first-order valence-corrected chi connectivity index (χ1v) is 8.09. The van der Waals surface area contributed by atoms with Crippen molar-refractivity contribution >= 4 is 11.7 Å². The molecule has 4 heteroatoms. The van der Waals surface area contributed by atoms with E-state index in [2.05, 4.69) is 20.8 Å². The molecule has 1 saturated heterocycles. The number of piperidine rings is 1. The van der Waals surface area contributed by atoms with Gasteiger partial charge in [0.1, 0.15) is 5.78 Å². The van der Waals surface area contributed by atoms with Gasteiger partial charge >= 0.3 is 0 Å². The minimum Gasteiger partial charge on any atom is -0.396 e. The number of carbonyl (C=O) groups excluding carboxylic acids is 2. The largest absolute Gasteiger partial charge is 0.396 e. The first kappa shape index (κ1) is 18.1. The lowest BCUT2D eigenvalue weighted by Crippen LogP contribution is -2.47.